The minimum Gasteiger partial charge on any atom is -0.378 e. The van der Waals surface area contributed by atoms with Crippen LogP contribution in [0.25, 0.3) is 0 Å². The Bertz CT molecular complexity index is 533. The minimum absolute atomic E-state index is 0.0406. The Hall–Kier alpha value is -1.12. The fourth-order valence-corrected chi connectivity index (χ4v) is 3.88. The molecule has 1 atom stereocenters. The molecule has 0 unspecified atom stereocenters. The number of hydrogen-bond donors (Lipinski definition) is 1. The van der Waals surface area contributed by atoms with Crippen molar-refractivity contribution in [2.24, 2.45) is 0 Å². The third kappa shape index (κ3) is 4.69. The van der Waals surface area contributed by atoms with E-state index in [4.69, 9.17) is 4.74 Å². The van der Waals surface area contributed by atoms with E-state index >= 15 is 0 Å². The Morgan fingerprint density at radius 1 is 1.55 bits per heavy atom. The molecular weight excluding hydrogens is 322 g/mol. The summed E-state index contributed by atoms with van der Waals surface area (Å²) >= 11 is 3.02. The van der Waals surface area contributed by atoms with Crippen LogP contribution in [0.3, 0.4) is 0 Å². The van der Waals surface area contributed by atoms with Gasteiger partial charge in [-0.3, -0.25) is 9.59 Å². The maximum Gasteiger partial charge on any atom is 0.249 e. The second kappa shape index (κ2) is 7.94. The number of nitrogens with zero attached hydrogens (tertiary/aromatic N) is 2. The summed E-state index contributed by atoms with van der Waals surface area (Å²) in [6.45, 7) is 6.19. The molecule has 8 heteroatoms. The molecule has 1 fully saturated rings. The summed E-state index contributed by atoms with van der Waals surface area (Å²) in [5, 5.41) is 3.37. The zero-order valence-electron chi connectivity index (χ0n) is 13.0. The lowest BCUT2D eigenvalue weighted by Crippen LogP contribution is -2.44. The van der Waals surface area contributed by atoms with E-state index in [1.54, 1.807) is 22.9 Å². The van der Waals surface area contributed by atoms with Gasteiger partial charge < -0.3 is 15.0 Å². The highest BCUT2D eigenvalue weighted by atomic mass is 32.2. The first kappa shape index (κ1) is 17.2. The molecule has 2 heterocycles. The Balaban J connectivity index is 1.89. The van der Waals surface area contributed by atoms with Gasteiger partial charge in [0.1, 0.15) is 6.04 Å². The second-order valence-electron chi connectivity index (χ2n) is 5.31. The molecule has 1 aromatic heterocycles. The molecule has 1 aromatic rings. The molecule has 0 aliphatic carbocycles. The monoisotopic (exact) mass is 343 g/mol. The van der Waals surface area contributed by atoms with Gasteiger partial charge in [-0.1, -0.05) is 0 Å². The van der Waals surface area contributed by atoms with Crippen LogP contribution in [0.1, 0.15) is 25.1 Å². The maximum absolute atomic E-state index is 12.3. The van der Waals surface area contributed by atoms with Gasteiger partial charge in [0.15, 0.2) is 5.13 Å². The molecule has 1 aliphatic rings. The zero-order chi connectivity index (χ0) is 16.1. The first-order valence-corrected chi connectivity index (χ1v) is 9.16. The molecule has 0 spiro atoms. The van der Waals surface area contributed by atoms with E-state index in [0.717, 1.165) is 4.88 Å². The van der Waals surface area contributed by atoms with Gasteiger partial charge in [-0.15, -0.1) is 23.1 Å². The molecule has 0 bridgehead atoms. The van der Waals surface area contributed by atoms with Crippen molar-refractivity contribution in [3.8, 4) is 0 Å². The number of aromatic nitrogens is 1. The molecule has 1 N–H and O–H groups in total. The molecule has 122 valence electrons. The summed E-state index contributed by atoms with van der Waals surface area (Å²) in [6.07, 6.45) is 2.13. The number of ether oxygens (including phenoxy) is 1. The lowest BCUT2D eigenvalue weighted by atomic mass is 10.2. The van der Waals surface area contributed by atoms with Gasteiger partial charge in [0.05, 0.1) is 25.0 Å². The predicted molar refractivity (Wildman–Crippen MR) is 89.1 cm³/mol. The smallest absolute Gasteiger partial charge is 0.249 e. The molecule has 2 amide bonds. The van der Waals surface area contributed by atoms with Crippen molar-refractivity contribution >= 4 is 40.0 Å². The van der Waals surface area contributed by atoms with Gasteiger partial charge in [0, 0.05) is 16.8 Å². The molecule has 22 heavy (non-hydrogen) atoms. The highest BCUT2D eigenvalue weighted by Gasteiger charge is 2.34. The van der Waals surface area contributed by atoms with E-state index in [9.17, 15) is 9.59 Å². The topological polar surface area (TPSA) is 71.5 Å². The Morgan fingerprint density at radius 3 is 2.95 bits per heavy atom. The van der Waals surface area contributed by atoms with Crippen molar-refractivity contribution in [3.63, 3.8) is 0 Å². The van der Waals surface area contributed by atoms with E-state index in [1.165, 1.54) is 11.3 Å². The molecule has 0 radical (unpaired) electrons. The van der Waals surface area contributed by atoms with Crippen LogP contribution in [0.5, 0.6) is 0 Å². The van der Waals surface area contributed by atoms with E-state index in [-0.39, 0.29) is 17.9 Å². The summed E-state index contributed by atoms with van der Waals surface area (Å²) in [4.78, 5) is 31.4. The van der Waals surface area contributed by atoms with Gasteiger partial charge in [-0.25, -0.2) is 4.98 Å². The number of hydrogen-bond acceptors (Lipinski definition) is 6. The van der Waals surface area contributed by atoms with Crippen LogP contribution in [0, 0.1) is 6.92 Å². The maximum atomic E-state index is 12.3. The summed E-state index contributed by atoms with van der Waals surface area (Å²) in [5.41, 5.74) is 0. The quantitative estimate of drug-likeness (QED) is 0.856. The summed E-state index contributed by atoms with van der Waals surface area (Å²) in [7, 11) is 0. The van der Waals surface area contributed by atoms with Crippen molar-refractivity contribution < 1.29 is 14.3 Å². The number of rotatable bonds is 6. The van der Waals surface area contributed by atoms with Gasteiger partial charge in [0.25, 0.3) is 0 Å². The number of amides is 2. The average Bonchev–Trinajstić information content (AvgIpc) is 3.07. The largest absolute Gasteiger partial charge is 0.378 e. The van der Waals surface area contributed by atoms with E-state index in [0.29, 0.717) is 29.8 Å². The van der Waals surface area contributed by atoms with Crippen molar-refractivity contribution in [3.05, 3.63) is 11.1 Å². The minimum atomic E-state index is -0.430. The van der Waals surface area contributed by atoms with Crippen LogP contribution in [-0.2, 0) is 14.3 Å². The lowest BCUT2D eigenvalue weighted by molar-refractivity contribution is -0.137. The van der Waals surface area contributed by atoms with Crippen LogP contribution >= 0.6 is 23.1 Å². The molecule has 0 aromatic carbocycles. The van der Waals surface area contributed by atoms with Gasteiger partial charge in [-0.2, -0.15) is 0 Å². The number of carbonyl (C=O) groups excluding carboxylic acids is 2. The van der Waals surface area contributed by atoms with Crippen molar-refractivity contribution in [2.45, 2.75) is 39.3 Å². The van der Waals surface area contributed by atoms with Gasteiger partial charge in [-0.05, 0) is 20.8 Å². The first-order chi connectivity index (χ1) is 10.5. The fraction of sp³-hybridized carbons (Fsp3) is 0.643. The predicted octanol–water partition coefficient (Wildman–Crippen LogP) is 2.11. The Labute approximate surface area is 138 Å². The highest BCUT2D eigenvalue weighted by molar-refractivity contribution is 7.99. The fourth-order valence-electron chi connectivity index (χ4n) is 2.03. The van der Waals surface area contributed by atoms with Crippen LogP contribution in [0.4, 0.5) is 5.13 Å². The van der Waals surface area contributed by atoms with E-state index in [2.05, 4.69) is 10.3 Å². The lowest BCUT2D eigenvalue weighted by Gasteiger charge is -2.22. The van der Waals surface area contributed by atoms with Crippen LogP contribution < -0.4 is 5.32 Å². The number of aryl methyl sites for hydroxylation is 1. The van der Waals surface area contributed by atoms with E-state index < -0.39 is 6.04 Å². The van der Waals surface area contributed by atoms with Gasteiger partial charge >= 0.3 is 0 Å². The number of anilines is 1. The Morgan fingerprint density at radius 2 is 2.32 bits per heavy atom. The molecule has 6 nitrogen and oxygen atoms in total. The highest BCUT2D eigenvalue weighted by Crippen LogP contribution is 2.24. The molecule has 2 rings (SSSR count). The molecule has 1 saturated heterocycles. The van der Waals surface area contributed by atoms with Crippen LogP contribution in [0.2, 0.25) is 0 Å². The summed E-state index contributed by atoms with van der Waals surface area (Å²) < 4.78 is 5.40. The molecule has 1 aliphatic heterocycles. The number of carbonyl (C=O) groups is 2. The second-order valence-corrected chi connectivity index (χ2v) is 7.55. The van der Waals surface area contributed by atoms with Crippen molar-refractivity contribution in [1.29, 1.82) is 0 Å². The van der Waals surface area contributed by atoms with Crippen LogP contribution in [-0.4, -0.2) is 52.1 Å². The third-order valence-electron chi connectivity index (χ3n) is 3.12. The molecular formula is C14H21N3O3S2. The molecule has 0 saturated carbocycles. The normalized spacial score (nSPS) is 18.0. The first-order valence-electron chi connectivity index (χ1n) is 7.19. The number of thioether (sulfide) groups is 1. The summed E-state index contributed by atoms with van der Waals surface area (Å²) in [6, 6.07) is -0.430. The summed E-state index contributed by atoms with van der Waals surface area (Å²) in [5.74, 6) is 0.959. The zero-order valence-corrected chi connectivity index (χ0v) is 14.6. The number of thiazole rings is 1. The SMILES string of the molecule is Cc1cnc(NC(=O)[C@H]2CSCN2C(=O)CCOC(C)C)s1. The van der Waals surface area contributed by atoms with Crippen LogP contribution in [0.15, 0.2) is 6.20 Å². The van der Waals surface area contributed by atoms with E-state index in [1.807, 2.05) is 20.8 Å². The standard InChI is InChI=1S/C14H21N3O3S2/c1-9(2)20-5-4-12(18)17-8-21-7-11(17)13(19)16-14-15-6-10(3)22-14/h6,9,11H,4-5,7-8H2,1-3H3,(H,15,16,19)/t11-/m1/s1. The van der Waals surface area contributed by atoms with Gasteiger partial charge in [0.2, 0.25) is 11.8 Å². The Kier molecular flexibility index (Phi) is 6.22. The third-order valence-corrected chi connectivity index (χ3v) is 4.96. The number of nitrogens with one attached hydrogen (secondary N) is 1. The average molecular weight is 343 g/mol. The van der Waals surface area contributed by atoms with Crippen molar-refractivity contribution in [2.75, 3.05) is 23.6 Å². The van der Waals surface area contributed by atoms with Crippen molar-refractivity contribution in [1.82, 2.24) is 9.88 Å².